The molecule has 0 saturated heterocycles. The number of rotatable bonds is 7. The molecule has 96 valence electrons. The minimum Gasteiger partial charge on any atom is -0.383 e. The third-order valence-corrected chi connectivity index (χ3v) is 2.60. The predicted octanol–water partition coefficient (Wildman–Crippen LogP) is 1.61. The first kappa shape index (κ1) is 16.0. The highest BCUT2D eigenvalue weighted by Gasteiger charge is 2.19. The SMILES string of the molecule is CN=C(NCCCC1CC1)NCCOC.I. The number of methoxy groups -OCH3 is 1. The summed E-state index contributed by atoms with van der Waals surface area (Å²) in [4.78, 5) is 4.13. The normalized spacial score (nSPS) is 15.5. The topological polar surface area (TPSA) is 45.7 Å². The maximum Gasteiger partial charge on any atom is 0.191 e. The number of nitrogens with one attached hydrogen (secondary N) is 2. The number of hydrogen-bond acceptors (Lipinski definition) is 2. The number of ether oxygens (including phenoxy) is 1. The van der Waals surface area contributed by atoms with Crippen molar-refractivity contribution in [1.29, 1.82) is 0 Å². The molecule has 0 atom stereocenters. The standard InChI is InChI=1S/C11H23N3O.HI/c1-12-11(14-8-9-15-2)13-7-3-4-10-5-6-10;/h10H,3-9H2,1-2H3,(H2,12,13,14);1H. The lowest BCUT2D eigenvalue weighted by molar-refractivity contribution is 0.203. The van der Waals surface area contributed by atoms with Crippen LogP contribution >= 0.6 is 24.0 Å². The number of aliphatic imine (C=N–C) groups is 1. The van der Waals surface area contributed by atoms with Crippen molar-refractivity contribution < 1.29 is 4.74 Å². The molecule has 0 radical (unpaired) electrons. The predicted molar refractivity (Wildman–Crippen MR) is 78.6 cm³/mol. The Labute approximate surface area is 116 Å². The zero-order valence-corrected chi connectivity index (χ0v) is 12.6. The smallest absolute Gasteiger partial charge is 0.191 e. The minimum atomic E-state index is 0. The highest BCUT2D eigenvalue weighted by Crippen LogP contribution is 2.33. The average molecular weight is 341 g/mol. The van der Waals surface area contributed by atoms with E-state index in [9.17, 15) is 0 Å². The molecule has 1 aliphatic rings. The minimum absolute atomic E-state index is 0. The molecule has 5 heteroatoms. The van der Waals surface area contributed by atoms with E-state index in [0.717, 1.165) is 25.0 Å². The number of nitrogens with zero attached hydrogens (tertiary/aromatic N) is 1. The van der Waals surface area contributed by atoms with Crippen LogP contribution < -0.4 is 10.6 Å². The van der Waals surface area contributed by atoms with Gasteiger partial charge in [0.2, 0.25) is 0 Å². The van der Waals surface area contributed by atoms with Crippen LogP contribution in [0.5, 0.6) is 0 Å². The molecule has 1 aliphatic carbocycles. The van der Waals surface area contributed by atoms with Gasteiger partial charge in [0.1, 0.15) is 0 Å². The molecule has 0 amide bonds. The van der Waals surface area contributed by atoms with Gasteiger partial charge in [-0.1, -0.05) is 12.8 Å². The first-order valence-electron chi connectivity index (χ1n) is 5.80. The van der Waals surface area contributed by atoms with E-state index in [-0.39, 0.29) is 24.0 Å². The Kier molecular flexibility index (Phi) is 10.1. The fourth-order valence-corrected chi connectivity index (χ4v) is 1.50. The van der Waals surface area contributed by atoms with Crippen LogP contribution in [0.15, 0.2) is 4.99 Å². The van der Waals surface area contributed by atoms with Crippen molar-refractivity contribution in [3.63, 3.8) is 0 Å². The lowest BCUT2D eigenvalue weighted by Crippen LogP contribution is -2.39. The van der Waals surface area contributed by atoms with E-state index < -0.39 is 0 Å². The summed E-state index contributed by atoms with van der Waals surface area (Å²) >= 11 is 0. The first-order valence-corrected chi connectivity index (χ1v) is 5.80. The summed E-state index contributed by atoms with van der Waals surface area (Å²) in [6.45, 7) is 2.53. The van der Waals surface area contributed by atoms with Crippen LogP contribution in [0.1, 0.15) is 25.7 Å². The fraction of sp³-hybridized carbons (Fsp3) is 0.909. The molecule has 0 aromatic rings. The molecule has 0 aromatic heterocycles. The Balaban J connectivity index is 0.00000225. The quantitative estimate of drug-likeness (QED) is 0.320. The fourth-order valence-electron chi connectivity index (χ4n) is 1.50. The van der Waals surface area contributed by atoms with Gasteiger partial charge in [0.05, 0.1) is 6.61 Å². The Morgan fingerprint density at radius 3 is 2.56 bits per heavy atom. The van der Waals surface area contributed by atoms with E-state index in [2.05, 4.69) is 15.6 Å². The van der Waals surface area contributed by atoms with Gasteiger partial charge >= 0.3 is 0 Å². The molecule has 0 aliphatic heterocycles. The third-order valence-electron chi connectivity index (χ3n) is 2.60. The lowest BCUT2D eigenvalue weighted by Gasteiger charge is -2.11. The largest absolute Gasteiger partial charge is 0.383 e. The van der Waals surface area contributed by atoms with E-state index in [0.29, 0.717) is 6.61 Å². The monoisotopic (exact) mass is 341 g/mol. The molecule has 0 unspecified atom stereocenters. The van der Waals surface area contributed by atoms with Gasteiger partial charge < -0.3 is 15.4 Å². The van der Waals surface area contributed by atoms with Gasteiger partial charge in [-0.2, -0.15) is 0 Å². The van der Waals surface area contributed by atoms with Crippen LogP contribution in [0.25, 0.3) is 0 Å². The summed E-state index contributed by atoms with van der Waals surface area (Å²) in [7, 11) is 3.50. The molecule has 1 rings (SSSR count). The molecular weight excluding hydrogens is 317 g/mol. The van der Waals surface area contributed by atoms with Gasteiger partial charge in [0, 0.05) is 27.2 Å². The van der Waals surface area contributed by atoms with Crippen LogP contribution in [0, 0.1) is 5.92 Å². The molecule has 0 aromatic carbocycles. The third kappa shape index (κ3) is 8.15. The second-order valence-corrected chi connectivity index (χ2v) is 4.00. The summed E-state index contributed by atoms with van der Waals surface area (Å²) in [5.74, 6) is 1.90. The van der Waals surface area contributed by atoms with Gasteiger partial charge in [-0.25, -0.2) is 0 Å². The zero-order valence-electron chi connectivity index (χ0n) is 10.3. The zero-order chi connectivity index (χ0) is 10.9. The van der Waals surface area contributed by atoms with E-state index in [1.807, 2.05) is 0 Å². The molecule has 2 N–H and O–H groups in total. The van der Waals surface area contributed by atoms with E-state index in [4.69, 9.17) is 4.74 Å². The molecule has 4 nitrogen and oxygen atoms in total. The van der Waals surface area contributed by atoms with Gasteiger partial charge in [-0.05, 0) is 18.8 Å². The Hall–Kier alpha value is -0.0400. The first-order chi connectivity index (χ1) is 7.36. The van der Waals surface area contributed by atoms with Crippen molar-refractivity contribution >= 4 is 29.9 Å². The van der Waals surface area contributed by atoms with Gasteiger partial charge in [0.15, 0.2) is 5.96 Å². The Morgan fingerprint density at radius 2 is 2.00 bits per heavy atom. The summed E-state index contributed by atoms with van der Waals surface area (Å²) in [6.07, 6.45) is 5.50. The van der Waals surface area contributed by atoms with Crippen molar-refractivity contribution in [2.45, 2.75) is 25.7 Å². The molecule has 1 saturated carbocycles. The van der Waals surface area contributed by atoms with Gasteiger partial charge in [-0.15, -0.1) is 24.0 Å². The van der Waals surface area contributed by atoms with E-state index in [1.165, 1.54) is 25.7 Å². The Bertz CT molecular complexity index is 196. The van der Waals surface area contributed by atoms with E-state index >= 15 is 0 Å². The summed E-state index contributed by atoms with van der Waals surface area (Å²) in [5.41, 5.74) is 0. The second-order valence-electron chi connectivity index (χ2n) is 4.00. The second kappa shape index (κ2) is 10.1. The molecular formula is C11H24IN3O. The van der Waals surface area contributed by atoms with Crippen LogP contribution in [0.3, 0.4) is 0 Å². The molecule has 0 bridgehead atoms. The maximum absolute atomic E-state index is 4.96. The van der Waals surface area contributed by atoms with Crippen LogP contribution in [-0.4, -0.2) is 39.8 Å². The van der Waals surface area contributed by atoms with Crippen molar-refractivity contribution in [2.75, 3.05) is 33.9 Å². The van der Waals surface area contributed by atoms with Crippen LogP contribution in [0.2, 0.25) is 0 Å². The highest BCUT2D eigenvalue weighted by molar-refractivity contribution is 14.0. The number of halogens is 1. The molecule has 1 fully saturated rings. The molecule has 16 heavy (non-hydrogen) atoms. The lowest BCUT2D eigenvalue weighted by atomic mass is 10.2. The van der Waals surface area contributed by atoms with Crippen molar-refractivity contribution in [1.82, 2.24) is 10.6 Å². The summed E-state index contributed by atoms with van der Waals surface area (Å²) < 4.78 is 4.96. The number of hydrogen-bond donors (Lipinski definition) is 2. The van der Waals surface area contributed by atoms with Gasteiger partial charge in [-0.3, -0.25) is 4.99 Å². The van der Waals surface area contributed by atoms with Crippen LogP contribution in [0.4, 0.5) is 0 Å². The molecule has 0 heterocycles. The maximum atomic E-state index is 4.96. The Morgan fingerprint density at radius 1 is 1.31 bits per heavy atom. The van der Waals surface area contributed by atoms with Crippen LogP contribution in [-0.2, 0) is 4.74 Å². The average Bonchev–Trinajstić information content (AvgIpc) is 3.05. The van der Waals surface area contributed by atoms with E-state index in [1.54, 1.807) is 14.2 Å². The summed E-state index contributed by atoms with van der Waals surface area (Å²) in [6, 6.07) is 0. The summed E-state index contributed by atoms with van der Waals surface area (Å²) in [5, 5.41) is 6.48. The van der Waals surface area contributed by atoms with Gasteiger partial charge in [0.25, 0.3) is 0 Å². The highest BCUT2D eigenvalue weighted by atomic mass is 127. The molecule has 0 spiro atoms. The number of guanidine groups is 1. The van der Waals surface area contributed by atoms with Crippen molar-refractivity contribution in [2.24, 2.45) is 10.9 Å². The van der Waals surface area contributed by atoms with Crippen molar-refractivity contribution in [3.05, 3.63) is 0 Å². The van der Waals surface area contributed by atoms with Crippen molar-refractivity contribution in [3.8, 4) is 0 Å².